The van der Waals surface area contributed by atoms with Crippen molar-refractivity contribution in [1.29, 1.82) is 0 Å². The van der Waals surface area contributed by atoms with Crippen molar-refractivity contribution in [1.82, 2.24) is 15.1 Å². The molecule has 114 valence electrons. The van der Waals surface area contributed by atoms with E-state index in [-0.39, 0.29) is 12.2 Å². The number of carbonyl (C=O) groups is 1. The zero-order valence-electron chi connectivity index (χ0n) is 11.2. The summed E-state index contributed by atoms with van der Waals surface area (Å²) in [5.41, 5.74) is -1.10. The molecule has 0 saturated carbocycles. The predicted octanol–water partition coefficient (Wildman–Crippen LogP) is 2.19. The molecule has 1 heterocycles. The van der Waals surface area contributed by atoms with Gasteiger partial charge in [0, 0.05) is 13.7 Å². The van der Waals surface area contributed by atoms with Gasteiger partial charge in [0.2, 0.25) is 5.91 Å². The van der Waals surface area contributed by atoms with Gasteiger partial charge in [-0.1, -0.05) is 11.6 Å². The lowest BCUT2D eigenvalue weighted by Gasteiger charge is -2.14. The van der Waals surface area contributed by atoms with Crippen LogP contribution >= 0.6 is 11.6 Å². The van der Waals surface area contributed by atoms with Gasteiger partial charge in [0.25, 0.3) is 0 Å². The molecule has 5 nitrogen and oxygen atoms in total. The number of ether oxygens (including phenoxy) is 1. The minimum absolute atomic E-state index is 0.0911. The molecule has 1 aromatic rings. The van der Waals surface area contributed by atoms with Gasteiger partial charge in [0.15, 0.2) is 5.69 Å². The van der Waals surface area contributed by atoms with Crippen LogP contribution in [-0.4, -0.2) is 35.9 Å². The molecule has 9 heteroatoms. The van der Waals surface area contributed by atoms with Crippen LogP contribution < -0.4 is 5.32 Å². The van der Waals surface area contributed by atoms with E-state index in [0.717, 1.165) is 4.68 Å². The molecule has 1 unspecified atom stereocenters. The summed E-state index contributed by atoms with van der Waals surface area (Å²) < 4.78 is 43.8. The van der Waals surface area contributed by atoms with Gasteiger partial charge in [-0.2, -0.15) is 18.3 Å². The molecule has 1 rings (SSSR count). The van der Waals surface area contributed by atoms with E-state index in [0.29, 0.717) is 6.61 Å². The van der Waals surface area contributed by atoms with Crippen molar-refractivity contribution in [3.63, 3.8) is 0 Å². The van der Waals surface area contributed by atoms with Gasteiger partial charge in [-0.05, 0) is 13.8 Å². The Morgan fingerprint density at radius 2 is 2.15 bits per heavy atom. The van der Waals surface area contributed by atoms with Crippen molar-refractivity contribution in [2.45, 2.75) is 26.1 Å². The fourth-order valence-corrected chi connectivity index (χ4v) is 1.82. The highest BCUT2D eigenvalue weighted by Gasteiger charge is 2.39. The van der Waals surface area contributed by atoms with Gasteiger partial charge < -0.3 is 10.1 Å². The van der Waals surface area contributed by atoms with E-state index in [1.54, 1.807) is 0 Å². The third kappa shape index (κ3) is 3.63. The Balaban J connectivity index is 2.94. The Morgan fingerprint density at radius 1 is 1.55 bits per heavy atom. The molecule has 0 aliphatic rings. The lowest BCUT2D eigenvalue weighted by molar-refractivity contribution is -0.141. The van der Waals surface area contributed by atoms with Gasteiger partial charge in [-0.15, -0.1) is 0 Å². The van der Waals surface area contributed by atoms with E-state index >= 15 is 0 Å². The Hall–Kier alpha value is -1.28. The lowest BCUT2D eigenvalue weighted by Crippen LogP contribution is -2.34. The predicted molar refractivity (Wildman–Crippen MR) is 66.6 cm³/mol. The maximum absolute atomic E-state index is 12.7. The van der Waals surface area contributed by atoms with Crippen LogP contribution in [0.15, 0.2) is 0 Å². The maximum atomic E-state index is 12.7. The summed E-state index contributed by atoms with van der Waals surface area (Å²) in [6, 6.07) is -0.902. The van der Waals surface area contributed by atoms with E-state index in [1.807, 2.05) is 0 Å². The van der Waals surface area contributed by atoms with E-state index < -0.39 is 28.8 Å². The molecule has 20 heavy (non-hydrogen) atoms. The van der Waals surface area contributed by atoms with Crippen LogP contribution in [-0.2, 0) is 15.7 Å². The maximum Gasteiger partial charge on any atom is 0.436 e. The molecule has 1 atom stereocenters. The number of carbonyl (C=O) groups excluding carboxylic acids is 1. The highest BCUT2D eigenvalue weighted by molar-refractivity contribution is 6.32. The van der Waals surface area contributed by atoms with E-state index in [1.165, 1.54) is 21.0 Å². The van der Waals surface area contributed by atoms with Crippen LogP contribution in [0.5, 0.6) is 0 Å². The molecule has 1 amide bonds. The average molecular weight is 314 g/mol. The normalized spacial score (nSPS) is 13.3. The molecule has 0 fully saturated rings. The van der Waals surface area contributed by atoms with Crippen molar-refractivity contribution in [3.05, 3.63) is 16.4 Å². The summed E-state index contributed by atoms with van der Waals surface area (Å²) in [5, 5.41) is 5.43. The molecule has 0 radical (unpaired) electrons. The summed E-state index contributed by atoms with van der Waals surface area (Å²) in [6.07, 6.45) is -4.65. The first-order chi connectivity index (χ1) is 9.20. The molecule has 0 spiro atoms. The van der Waals surface area contributed by atoms with Crippen LogP contribution in [0.4, 0.5) is 13.2 Å². The summed E-state index contributed by atoms with van der Waals surface area (Å²) >= 11 is 5.62. The minimum atomic E-state index is -4.65. The second-order valence-electron chi connectivity index (χ2n) is 4.15. The van der Waals surface area contributed by atoms with Gasteiger partial charge >= 0.3 is 6.18 Å². The van der Waals surface area contributed by atoms with Crippen molar-refractivity contribution >= 4 is 17.5 Å². The van der Waals surface area contributed by atoms with Crippen LogP contribution in [0.2, 0.25) is 5.02 Å². The number of amides is 1. The summed E-state index contributed by atoms with van der Waals surface area (Å²) in [5.74, 6) is -0.460. The Labute approximate surface area is 119 Å². The van der Waals surface area contributed by atoms with E-state index in [2.05, 4.69) is 10.4 Å². The van der Waals surface area contributed by atoms with Gasteiger partial charge in [-0.25, -0.2) is 0 Å². The first kappa shape index (κ1) is 16.8. The zero-order chi connectivity index (χ0) is 15.5. The molecule has 1 aromatic heterocycles. The zero-order valence-corrected chi connectivity index (χ0v) is 12.0. The van der Waals surface area contributed by atoms with Crippen LogP contribution in [0.3, 0.4) is 0 Å². The number of nitrogens with zero attached hydrogens (tertiary/aromatic N) is 2. The average Bonchev–Trinajstić information content (AvgIpc) is 2.65. The molecule has 0 bridgehead atoms. The molecular formula is C11H15ClF3N3O2. The number of hydrogen-bond donors (Lipinski definition) is 1. The number of alkyl halides is 3. The molecule has 1 N–H and O–H groups in total. The number of hydrogen-bond acceptors (Lipinski definition) is 3. The summed E-state index contributed by atoms with van der Waals surface area (Å²) in [4.78, 5) is 11.8. The number of rotatable bonds is 5. The van der Waals surface area contributed by atoms with Crippen molar-refractivity contribution in [2.24, 2.45) is 0 Å². The van der Waals surface area contributed by atoms with Gasteiger partial charge in [0.1, 0.15) is 6.04 Å². The highest BCUT2D eigenvalue weighted by Crippen LogP contribution is 2.36. The number of aromatic nitrogens is 2. The van der Waals surface area contributed by atoms with Crippen LogP contribution in [0.25, 0.3) is 0 Å². The van der Waals surface area contributed by atoms with Crippen LogP contribution in [0.1, 0.15) is 24.4 Å². The second kappa shape index (κ2) is 6.45. The minimum Gasteiger partial charge on any atom is -0.383 e. The Kier molecular flexibility index (Phi) is 5.41. The number of methoxy groups -OCH3 is 1. The first-order valence-corrected chi connectivity index (χ1v) is 6.16. The lowest BCUT2D eigenvalue weighted by atomic mass is 10.3. The van der Waals surface area contributed by atoms with Crippen molar-refractivity contribution in [2.75, 3.05) is 20.3 Å². The SMILES string of the molecule is COCCNC(=O)C(C)n1nc(C(F)(F)F)c(Cl)c1C. The molecule has 0 aliphatic carbocycles. The smallest absolute Gasteiger partial charge is 0.383 e. The largest absolute Gasteiger partial charge is 0.436 e. The van der Waals surface area contributed by atoms with Gasteiger partial charge in [-0.3, -0.25) is 9.48 Å². The molecular weight excluding hydrogens is 299 g/mol. The first-order valence-electron chi connectivity index (χ1n) is 5.78. The van der Waals surface area contributed by atoms with Crippen molar-refractivity contribution in [3.8, 4) is 0 Å². The van der Waals surface area contributed by atoms with E-state index in [9.17, 15) is 18.0 Å². The topological polar surface area (TPSA) is 56.1 Å². The third-order valence-corrected chi connectivity index (χ3v) is 3.15. The summed E-state index contributed by atoms with van der Waals surface area (Å²) in [6.45, 7) is 3.40. The van der Waals surface area contributed by atoms with E-state index in [4.69, 9.17) is 16.3 Å². The van der Waals surface area contributed by atoms with Crippen molar-refractivity contribution < 1.29 is 22.7 Å². The third-order valence-electron chi connectivity index (χ3n) is 2.70. The second-order valence-corrected chi connectivity index (χ2v) is 4.53. The summed E-state index contributed by atoms with van der Waals surface area (Å²) in [7, 11) is 1.47. The quantitative estimate of drug-likeness (QED) is 0.848. The fourth-order valence-electron chi connectivity index (χ4n) is 1.59. The Bertz CT molecular complexity index is 488. The monoisotopic (exact) mass is 313 g/mol. The van der Waals surface area contributed by atoms with Gasteiger partial charge in [0.05, 0.1) is 17.3 Å². The highest BCUT2D eigenvalue weighted by atomic mass is 35.5. The standard InChI is InChI=1S/C11H15ClF3N3O2/c1-6-8(12)9(11(13,14)15)17-18(6)7(2)10(19)16-4-5-20-3/h7H,4-5H2,1-3H3,(H,16,19). The fraction of sp³-hybridized carbons (Fsp3) is 0.636. The molecule has 0 aliphatic heterocycles. The Morgan fingerprint density at radius 3 is 2.60 bits per heavy atom. The molecule has 0 saturated heterocycles. The molecule has 0 aromatic carbocycles. The number of nitrogens with one attached hydrogen (secondary N) is 1. The number of halogens is 4. The van der Waals surface area contributed by atoms with Crippen LogP contribution in [0, 0.1) is 6.92 Å².